The number of carbonyl (C=O) groups excluding carboxylic acids is 1. The standard InChI is InChI=1S/C14H24N2O3/c1-14(7-8-14)9-15-13(19)16-11(12(17)18)10-5-3-2-4-6-10/h10-11H,2-9H2,1H3,(H,17,18)(H2,15,16,19). The molecule has 0 saturated heterocycles. The van der Waals surface area contributed by atoms with Gasteiger partial charge in [-0.1, -0.05) is 26.2 Å². The van der Waals surface area contributed by atoms with Crippen LogP contribution in [-0.4, -0.2) is 29.7 Å². The molecule has 0 aromatic rings. The summed E-state index contributed by atoms with van der Waals surface area (Å²) in [7, 11) is 0. The lowest BCUT2D eigenvalue weighted by Crippen LogP contribution is -2.50. The van der Waals surface area contributed by atoms with Crippen LogP contribution in [0.25, 0.3) is 0 Å². The second-order valence-corrected chi connectivity index (χ2v) is 6.35. The van der Waals surface area contributed by atoms with Crippen molar-refractivity contribution in [2.24, 2.45) is 11.3 Å². The third-order valence-electron chi connectivity index (χ3n) is 4.45. The smallest absolute Gasteiger partial charge is 0.326 e. The zero-order valence-electron chi connectivity index (χ0n) is 11.6. The summed E-state index contributed by atoms with van der Waals surface area (Å²) in [5.41, 5.74) is 0.237. The first-order valence-corrected chi connectivity index (χ1v) is 7.27. The van der Waals surface area contributed by atoms with Crippen molar-refractivity contribution in [2.45, 2.75) is 57.9 Å². The molecule has 2 fully saturated rings. The molecule has 0 aromatic heterocycles. The van der Waals surface area contributed by atoms with Crippen molar-refractivity contribution in [1.82, 2.24) is 10.6 Å². The molecule has 0 spiro atoms. The molecule has 5 nitrogen and oxygen atoms in total. The van der Waals surface area contributed by atoms with E-state index in [0.29, 0.717) is 6.54 Å². The van der Waals surface area contributed by atoms with Gasteiger partial charge in [0.15, 0.2) is 0 Å². The first-order chi connectivity index (χ1) is 9.00. The maximum Gasteiger partial charge on any atom is 0.326 e. The first-order valence-electron chi connectivity index (χ1n) is 7.27. The molecule has 2 aliphatic rings. The molecule has 1 unspecified atom stereocenters. The van der Waals surface area contributed by atoms with Gasteiger partial charge in [-0.15, -0.1) is 0 Å². The summed E-state index contributed by atoms with van der Waals surface area (Å²) in [6.45, 7) is 2.76. The molecule has 2 rings (SSSR count). The summed E-state index contributed by atoms with van der Waals surface area (Å²) < 4.78 is 0. The van der Waals surface area contributed by atoms with Crippen molar-refractivity contribution in [1.29, 1.82) is 0 Å². The summed E-state index contributed by atoms with van der Waals surface area (Å²) >= 11 is 0. The molecule has 19 heavy (non-hydrogen) atoms. The summed E-state index contributed by atoms with van der Waals surface area (Å²) in [5, 5.41) is 14.7. The van der Waals surface area contributed by atoms with Crippen molar-refractivity contribution in [3.63, 3.8) is 0 Å². The number of hydrogen-bond acceptors (Lipinski definition) is 2. The average Bonchev–Trinajstić information content (AvgIpc) is 3.13. The Kier molecular flexibility index (Phi) is 4.32. The molecule has 1 atom stereocenters. The molecule has 0 bridgehead atoms. The van der Waals surface area contributed by atoms with Crippen molar-refractivity contribution >= 4 is 12.0 Å². The fourth-order valence-electron chi connectivity index (χ4n) is 2.72. The highest BCUT2D eigenvalue weighted by Crippen LogP contribution is 2.43. The number of aliphatic carboxylic acids is 1. The van der Waals surface area contributed by atoms with E-state index in [1.807, 2.05) is 0 Å². The first kappa shape index (κ1) is 14.2. The number of urea groups is 1. The Hall–Kier alpha value is -1.26. The summed E-state index contributed by atoms with van der Waals surface area (Å²) in [5.74, 6) is -0.840. The van der Waals surface area contributed by atoms with E-state index in [1.165, 1.54) is 6.42 Å². The molecular formula is C14H24N2O3. The maximum absolute atomic E-state index is 11.8. The topological polar surface area (TPSA) is 78.4 Å². The van der Waals surface area contributed by atoms with Gasteiger partial charge in [0.05, 0.1) is 0 Å². The number of carbonyl (C=O) groups is 2. The molecule has 0 aromatic carbocycles. The quantitative estimate of drug-likeness (QED) is 0.714. The number of carboxylic acid groups (broad SMARTS) is 1. The number of nitrogens with one attached hydrogen (secondary N) is 2. The highest BCUT2D eigenvalue weighted by Gasteiger charge is 2.38. The van der Waals surface area contributed by atoms with Gasteiger partial charge < -0.3 is 15.7 Å². The molecule has 0 radical (unpaired) electrons. The van der Waals surface area contributed by atoms with E-state index in [1.54, 1.807) is 0 Å². The number of carboxylic acids is 1. The predicted molar refractivity (Wildman–Crippen MR) is 71.9 cm³/mol. The highest BCUT2D eigenvalue weighted by atomic mass is 16.4. The van der Waals surface area contributed by atoms with E-state index < -0.39 is 12.0 Å². The third kappa shape index (κ3) is 4.11. The Labute approximate surface area is 114 Å². The van der Waals surface area contributed by atoms with Gasteiger partial charge in [-0.3, -0.25) is 0 Å². The SMILES string of the molecule is CC1(CNC(=O)NC(C(=O)O)C2CCCCC2)CC1. The van der Waals surface area contributed by atoms with Crippen molar-refractivity contribution in [3.05, 3.63) is 0 Å². The molecule has 3 N–H and O–H groups in total. The van der Waals surface area contributed by atoms with Crippen molar-refractivity contribution < 1.29 is 14.7 Å². The van der Waals surface area contributed by atoms with Crippen LogP contribution in [0.5, 0.6) is 0 Å². The summed E-state index contributed by atoms with van der Waals surface area (Å²) in [6, 6.07) is -1.08. The molecule has 2 amide bonds. The third-order valence-corrected chi connectivity index (χ3v) is 4.45. The minimum atomic E-state index is -0.917. The van der Waals surface area contributed by atoms with Crippen LogP contribution in [0.3, 0.4) is 0 Å². The molecule has 0 heterocycles. The largest absolute Gasteiger partial charge is 0.480 e. The molecule has 2 aliphatic carbocycles. The van der Waals surface area contributed by atoms with Crippen LogP contribution in [0.15, 0.2) is 0 Å². The normalized spacial score (nSPS) is 23.4. The number of hydrogen-bond donors (Lipinski definition) is 3. The molecule has 5 heteroatoms. The van der Waals surface area contributed by atoms with Gasteiger partial charge in [-0.05, 0) is 37.0 Å². The van der Waals surface area contributed by atoms with Gasteiger partial charge in [0.2, 0.25) is 0 Å². The average molecular weight is 268 g/mol. The fourth-order valence-corrected chi connectivity index (χ4v) is 2.72. The van der Waals surface area contributed by atoms with Crippen LogP contribution >= 0.6 is 0 Å². The van der Waals surface area contributed by atoms with Gasteiger partial charge in [0.25, 0.3) is 0 Å². The van der Waals surface area contributed by atoms with Crippen molar-refractivity contribution in [3.8, 4) is 0 Å². The lowest BCUT2D eigenvalue weighted by Gasteiger charge is -2.28. The summed E-state index contributed by atoms with van der Waals surface area (Å²) in [4.78, 5) is 23.1. The van der Waals surface area contributed by atoms with Gasteiger partial charge in [0, 0.05) is 6.54 Å². The number of rotatable bonds is 5. The van der Waals surface area contributed by atoms with E-state index in [-0.39, 0.29) is 17.4 Å². The minimum absolute atomic E-state index is 0.0773. The van der Waals surface area contributed by atoms with Crippen LogP contribution < -0.4 is 10.6 Å². The zero-order chi connectivity index (χ0) is 13.9. The summed E-state index contributed by atoms with van der Waals surface area (Å²) in [6.07, 6.45) is 7.37. The number of amides is 2. The van der Waals surface area contributed by atoms with E-state index in [2.05, 4.69) is 17.6 Å². The van der Waals surface area contributed by atoms with Crippen LogP contribution in [0, 0.1) is 11.3 Å². The van der Waals surface area contributed by atoms with Gasteiger partial charge in [-0.25, -0.2) is 9.59 Å². The lowest BCUT2D eigenvalue weighted by atomic mass is 9.84. The van der Waals surface area contributed by atoms with Crippen LogP contribution in [0.4, 0.5) is 4.79 Å². The lowest BCUT2D eigenvalue weighted by molar-refractivity contribution is -0.141. The molecule has 0 aliphatic heterocycles. The van der Waals surface area contributed by atoms with Crippen LogP contribution in [0.1, 0.15) is 51.9 Å². The fraction of sp³-hybridized carbons (Fsp3) is 0.857. The zero-order valence-corrected chi connectivity index (χ0v) is 11.6. The Morgan fingerprint density at radius 1 is 1.26 bits per heavy atom. The van der Waals surface area contributed by atoms with E-state index in [4.69, 9.17) is 0 Å². The Morgan fingerprint density at radius 3 is 2.42 bits per heavy atom. The van der Waals surface area contributed by atoms with Crippen LogP contribution in [0.2, 0.25) is 0 Å². The van der Waals surface area contributed by atoms with E-state index in [0.717, 1.165) is 38.5 Å². The van der Waals surface area contributed by atoms with E-state index >= 15 is 0 Å². The van der Waals surface area contributed by atoms with Crippen molar-refractivity contribution in [2.75, 3.05) is 6.54 Å². The maximum atomic E-state index is 11.8. The monoisotopic (exact) mass is 268 g/mol. The second-order valence-electron chi connectivity index (χ2n) is 6.35. The van der Waals surface area contributed by atoms with E-state index in [9.17, 15) is 14.7 Å². The molecular weight excluding hydrogens is 244 g/mol. The van der Waals surface area contributed by atoms with Gasteiger partial charge in [0.1, 0.15) is 6.04 Å². The van der Waals surface area contributed by atoms with Gasteiger partial charge in [-0.2, -0.15) is 0 Å². The minimum Gasteiger partial charge on any atom is -0.480 e. The second kappa shape index (κ2) is 5.80. The molecule has 108 valence electrons. The molecule has 2 saturated carbocycles. The van der Waals surface area contributed by atoms with Gasteiger partial charge >= 0.3 is 12.0 Å². The highest BCUT2D eigenvalue weighted by molar-refractivity contribution is 5.82. The Balaban J connectivity index is 1.81. The Morgan fingerprint density at radius 2 is 1.89 bits per heavy atom. The van der Waals surface area contributed by atoms with Crippen LogP contribution in [-0.2, 0) is 4.79 Å². The Bertz CT molecular complexity index is 347. The predicted octanol–water partition coefficient (Wildman–Crippen LogP) is 2.12.